The minimum absolute atomic E-state index is 0.0331. The fourth-order valence-corrected chi connectivity index (χ4v) is 3.80. The third kappa shape index (κ3) is 3.39. The predicted molar refractivity (Wildman–Crippen MR) is 95.7 cm³/mol. The van der Waals surface area contributed by atoms with Crippen LogP contribution in [0.5, 0.6) is 5.75 Å². The van der Waals surface area contributed by atoms with Gasteiger partial charge in [-0.3, -0.25) is 4.98 Å². The van der Waals surface area contributed by atoms with E-state index in [9.17, 15) is 13.6 Å². The van der Waals surface area contributed by atoms with E-state index in [4.69, 9.17) is 4.74 Å². The van der Waals surface area contributed by atoms with Crippen LogP contribution in [0.4, 0.5) is 19.3 Å². The van der Waals surface area contributed by atoms with Gasteiger partial charge in [0.2, 0.25) is 0 Å². The zero-order valence-electron chi connectivity index (χ0n) is 14.9. The highest BCUT2D eigenvalue weighted by atomic mass is 19.1. The van der Waals surface area contributed by atoms with Crippen LogP contribution in [0.3, 0.4) is 0 Å². The minimum atomic E-state index is -0.395. The first kappa shape index (κ1) is 17.5. The first-order chi connectivity index (χ1) is 13.0. The van der Waals surface area contributed by atoms with Gasteiger partial charge < -0.3 is 19.4 Å². The number of fused-ring (bicyclic) bond motifs is 1. The highest BCUT2D eigenvalue weighted by Gasteiger charge is 2.40. The van der Waals surface area contributed by atoms with Crippen LogP contribution < -0.4 is 9.64 Å². The fourth-order valence-electron chi connectivity index (χ4n) is 3.80. The molecule has 2 aromatic rings. The van der Waals surface area contributed by atoms with E-state index in [0.717, 1.165) is 0 Å². The van der Waals surface area contributed by atoms with Crippen LogP contribution in [0.25, 0.3) is 0 Å². The number of methoxy groups -OCH3 is 1. The van der Waals surface area contributed by atoms with Gasteiger partial charge in [0.1, 0.15) is 11.6 Å². The Morgan fingerprint density at radius 1 is 1.22 bits per heavy atom. The Balaban J connectivity index is 1.48. The lowest BCUT2D eigenvalue weighted by atomic mass is 10.1. The third-order valence-electron chi connectivity index (χ3n) is 5.06. The van der Waals surface area contributed by atoms with Crippen LogP contribution in [0.1, 0.15) is 5.56 Å². The monoisotopic (exact) mass is 374 g/mol. The van der Waals surface area contributed by atoms with E-state index in [-0.39, 0.29) is 17.9 Å². The molecule has 2 aliphatic rings. The van der Waals surface area contributed by atoms with Crippen molar-refractivity contribution in [1.29, 1.82) is 0 Å². The van der Waals surface area contributed by atoms with Gasteiger partial charge in [-0.1, -0.05) is 0 Å². The lowest BCUT2D eigenvalue weighted by Crippen LogP contribution is -2.52. The Hall–Kier alpha value is -2.90. The van der Waals surface area contributed by atoms with Crippen molar-refractivity contribution in [3.05, 3.63) is 53.9 Å². The van der Waals surface area contributed by atoms with Gasteiger partial charge >= 0.3 is 6.03 Å². The Kier molecular flexibility index (Phi) is 4.55. The number of nitrogens with zero attached hydrogens (tertiary/aromatic N) is 4. The summed E-state index contributed by atoms with van der Waals surface area (Å²) in [6.07, 6.45) is 2.76. The number of anilines is 1. The molecule has 1 unspecified atom stereocenters. The first-order valence-electron chi connectivity index (χ1n) is 8.78. The Bertz CT molecular complexity index is 863. The molecule has 4 rings (SSSR count). The Morgan fingerprint density at radius 2 is 2.07 bits per heavy atom. The molecule has 8 heteroatoms. The molecule has 2 amide bonds. The number of carbonyl (C=O) groups excluding carboxylic acids is 1. The maximum Gasteiger partial charge on any atom is 0.320 e. The minimum Gasteiger partial charge on any atom is -0.497 e. The van der Waals surface area contributed by atoms with E-state index in [1.165, 1.54) is 25.4 Å². The molecule has 142 valence electrons. The van der Waals surface area contributed by atoms with Crippen LogP contribution in [0, 0.1) is 11.6 Å². The van der Waals surface area contributed by atoms with Crippen molar-refractivity contribution in [2.45, 2.75) is 12.6 Å². The number of rotatable bonds is 4. The lowest BCUT2D eigenvalue weighted by molar-refractivity contribution is 0.181. The number of piperazine rings is 1. The normalized spacial score (nSPS) is 19.4. The fraction of sp³-hybridized carbons (Fsp3) is 0.368. The number of amides is 2. The molecule has 2 saturated heterocycles. The SMILES string of the molecule is COc1cc(F)cc(CN2CC3CN(c4ccncc4F)CCN3C2=O)c1. The van der Waals surface area contributed by atoms with Crippen molar-refractivity contribution in [3.8, 4) is 5.75 Å². The summed E-state index contributed by atoms with van der Waals surface area (Å²) in [6, 6.07) is 5.99. The van der Waals surface area contributed by atoms with Gasteiger partial charge in [0.25, 0.3) is 0 Å². The van der Waals surface area contributed by atoms with Crippen molar-refractivity contribution >= 4 is 11.7 Å². The van der Waals surface area contributed by atoms with E-state index in [1.54, 1.807) is 23.2 Å². The third-order valence-corrected chi connectivity index (χ3v) is 5.06. The topological polar surface area (TPSA) is 48.9 Å². The van der Waals surface area contributed by atoms with E-state index < -0.39 is 5.82 Å². The van der Waals surface area contributed by atoms with Gasteiger partial charge in [0, 0.05) is 45.0 Å². The van der Waals surface area contributed by atoms with E-state index in [0.29, 0.717) is 49.7 Å². The zero-order valence-corrected chi connectivity index (χ0v) is 14.9. The Morgan fingerprint density at radius 3 is 2.85 bits per heavy atom. The molecule has 0 spiro atoms. The van der Waals surface area contributed by atoms with Gasteiger partial charge in [0.15, 0.2) is 5.82 Å². The zero-order chi connectivity index (χ0) is 19.0. The Labute approximate surface area is 156 Å². The number of ether oxygens (including phenoxy) is 1. The van der Waals surface area contributed by atoms with Crippen molar-refractivity contribution in [1.82, 2.24) is 14.8 Å². The van der Waals surface area contributed by atoms with E-state index >= 15 is 0 Å². The summed E-state index contributed by atoms with van der Waals surface area (Å²) in [6.45, 7) is 2.46. The molecule has 2 fully saturated rings. The second-order valence-corrected chi connectivity index (χ2v) is 6.78. The summed E-state index contributed by atoms with van der Waals surface area (Å²) in [5.41, 5.74) is 1.18. The summed E-state index contributed by atoms with van der Waals surface area (Å²) in [4.78, 5) is 22.0. The molecule has 2 aliphatic heterocycles. The van der Waals surface area contributed by atoms with Crippen LogP contribution >= 0.6 is 0 Å². The highest BCUT2D eigenvalue weighted by Crippen LogP contribution is 2.27. The molecule has 0 aliphatic carbocycles. The molecule has 0 radical (unpaired) electrons. The van der Waals surface area contributed by atoms with Crippen molar-refractivity contribution in [3.63, 3.8) is 0 Å². The number of urea groups is 1. The van der Waals surface area contributed by atoms with Crippen molar-refractivity contribution < 1.29 is 18.3 Å². The summed E-state index contributed by atoms with van der Waals surface area (Å²) >= 11 is 0. The van der Waals surface area contributed by atoms with Gasteiger partial charge in [-0.2, -0.15) is 0 Å². The van der Waals surface area contributed by atoms with E-state index in [2.05, 4.69) is 4.98 Å². The molecule has 3 heterocycles. The molecule has 0 saturated carbocycles. The summed E-state index contributed by atoms with van der Waals surface area (Å²) in [7, 11) is 1.48. The second kappa shape index (κ2) is 7.02. The molecular formula is C19H20F2N4O2. The van der Waals surface area contributed by atoms with Crippen LogP contribution in [0.15, 0.2) is 36.7 Å². The number of hydrogen-bond acceptors (Lipinski definition) is 4. The standard InChI is InChI=1S/C19H20F2N4O2/c1-27-16-7-13(6-14(20)8-16)10-24-12-15-11-23(4-5-25(15)19(24)26)18-2-3-22-9-17(18)21/h2-3,6-9,15H,4-5,10-12H2,1H3. The number of hydrogen-bond donors (Lipinski definition) is 0. The average molecular weight is 374 g/mol. The predicted octanol–water partition coefficient (Wildman–Crippen LogP) is 2.49. The van der Waals surface area contributed by atoms with Gasteiger partial charge in [-0.25, -0.2) is 13.6 Å². The summed E-state index contributed by atoms with van der Waals surface area (Å²) in [5, 5.41) is 0. The maximum atomic E-state index is 14.0. The number of halogens is 2. The van der Waals surface area contributed by atoms with Crippen LogP contribution in [-0.4, -0.2) is 60.1 Å². The molecule has 1 aromatic heterocycles. The van der Waals surface area contributed by atoms with Crippen molar-refractivity contribution in [2.75, 3.05) is 38.2 Å². The first-order valence-corrected chi connectivity index (χ1v) is 8.78. The quantitative estimate of drug-likeness (QED) is 0.825. The molecule has 6 nitrogen and oxygen atoms in total. The molecule has 0 N–H and O–H groups in total. The van der Waals surface area contributed by atoms with E-state index in [1.807, 2.05) is 9.80 Å². The number of pyridine rings is 1. The maximum absolute atomic E-state index is 14.0. The lowest BCUT2D eigenvalue weighted by Gasteiger charge is -2.37. The second-order valence-electron chi connectivity index (χ2n) is 6.78. The smallest absolute Gasteiger partial charge is 0.320 e. The number of benzene rings is 1. The molecule has 0 bridgehead atoms. The van der Waals surface area contributed by atoms with Gasteiger partial charge in [-0.15, -0.1) is 0 Å². The van der Waals surface area contributed by atoms with Gasteiger partial charge in [0.05, 0.1) is 25.0 Å². The average Bonchev–Trinajstić information content (AvgIpc) is 2.96. The molecule has 1 atom stereocenters. The number of carbonyl (C=O) groups is 1. The molecule has 1 aromatic carbocycles. The largest absolute Gasteiger partial charge is 0.497 e. The summed E-state index contributed by atoms with van der Waals surface area (Å²) in [5.74, 6) is -0.333. The molecular weight excluding hydrogens is 354 g/mol. The highest BCUT2D eigenvalue weighted by molar-refractivity contribution is 5.78. The van der Waals surface area contributed by atoms with Crippen LogP contribution in [-0.2, 0) is 6.54 Å². The van der Waals surface area contributed by atoms with Crippen LogP contribution in [0.2, 0.25) is 0 Å². The summed E-state index contributed by atoms with van der Waals surface area (Å²) < 4.78 is 32.8. The van der Waals surface area contributed by atoms with Crippen molar-refractivity contribution in [2.24, 2.45) is 0 Å². The molecule has 27 heavy (non-hydrogen) atoms. The van der Waals surface area contributed by atoms with Gasteiger partial charge in [-0.05, 0) is 23.8 Å². The number of aromatic nitrogens is 1.